The highest BCUT2D eigenvalue weighted by atomic mass is 35.5. The van der Waals surface area contributed by atoms with Crippen LogP contribution in [0.15, 0.2) is 45.8 Å². The summed E-state index contributed by atoms with van der Waals surface area (Å²) in [4.78, 5) is -0.356. The Bertz CT molecular complexity index is 1090. The van der Waals surface area contributed by atoms with Gasteiger partial charge in [-0.15, -0.1) is 0 Å². The maximum Gasteiger partial charge on any atom is 0.178 e. The maximum atomic E-state index is 14.3. The molecule has 3 aromatic rings. The van der Waals surface area contributed by atoms with Gasteiger partial charge in [0.05, 0.1) is 17.7 Å². The van der Waals surface area contributed by atoms with E-state index in [0.717, 1.165) is 12.3 Å². The summed E-state index contributed by atoms with van der Waals surface area (Å²) in [5.74, 6) is 0.111. The van der Waals surface area contributed by atoms with Gasteiger partial charge in [-0.3, -0.25) is 0 Å². The van der Waals surface area contributed by atoms with Gasteiger partial charge in [0, 0.05) is 11.8 Å². The Kier molecular flexibility index (Phi) is 4.77. The molecule has 0 amide bonds. The van der Waals surface area contributed by atoms with Crippen LogP contribution in [-0.4, -0.2) is 26.9 Å². The number of nitrogens with zero attached hydrogens (tertiary/aromatic N) is 1. The van der Waals surface area contributed by atoms with Gasteiger partial charge in [-0.25, -0.2) is 12.8 Å². The van der Waals surface area contributed by atoms with E-state index in [1.54, 1.807) is 25.1 Å². The molecule has 0 saturated carbocycles. The molecule has 8 heteroatoms. The van der Waals surface area contributed by atoms with E-state index in [0.29, 0.717) is 38.9 Å². The zero-order valence-corrected chi connectivity index (χ0v) is 15.8. The number of sulfone groups is 1. The lowest BCUT2D eigenvalue weighted by atomic mass is 9.99. The third kappa shape index (κ3) is 3.32. The molecule has 0 bridgehead atoms. The van der Waals surface area contributed by atoms with E-state index < -0.39 is 15.7 Å². The smallest absolute Gasteiger partial charge is 0.178 e. The second-order valence-electron chi connectivity index (χ2n) is 5.73. The quantitative estimate of drug-likeness (QED) is 0.649. The van der Waals surface area contributed by atoms with Crippen molar-refractivity contribution in [3.8, 4) is 28.1 Å². The molecular weight excluding hydrogens is 381 g/mol. The molecule has 0 aliphatic carbocycles. The minimum absolute atomic E-state index is 0.356. The molecule has 1 aromatic heterocycles. The minimum Gasteiger partial charge on any atom is -0.495 e. The highest BCUT2D eigenvalue weighted by Crippen LogP contribution is 2.38. The number of halogens is 2. The van der Waals surface area contributed by atoms with E-state index in [9.17, 15) is 12.8 Å². The molecule has 2 aromatic carbocycles. The molecule has 0 fully saturated rings. The summed E-state index contributed by atoms with van der Waals surface area (Å²) in [7, 11) is -2.15. The average Bonchev–Trinajstić information content (AvgIpc) is 2.95. The Balaban J connectivity index is 2.17. The number of ether oxygens (including phenoxy) is 1. The number of hydrogen-bond donors (Lipinski definition) is 0. The van der Waals surface area contributed by atoms with Crippen molar-refractivity contribution in [2.45, 2.75) is 11.8 Å². The summed E-state index contributed by atoms with van der Waals surface area (Å²) < 4.78 is 48.0. The van der Waals surface area contributed by atoms with Gasteiger partial charge in [-0.2, -0.15) is 0 Å². The molecule has 5 nitrogen and oxygen atoms in total. The lowest BCUT2D eigenvalue weighted by Crippen LogP contribution is -2.00. The first-order valence-electron chi connectivity index (χ1n) is 7.52. The van der Waals surface area contributed by atoms with Crippen LogP contribution < -0.4 is 4.74 Å². The minimum atomic E-state index is -3.65. The molecule has 0 spiro atoms. The first-order valence-corrected chi connectivity index (χ1v) is 9.79. The summed E-state index contributed by atoms with van der Waals surface area (Å²) in [5.41, 5.74) is 2.17. The number of aryl methyl sites for hydroxylation is 1. The van der Waals surface area contributed by atoms with Gasteiger partial charge in [0.1, 0.15) is 27.9 Å². The molecule has 0 saturated heterocycles. The number of hydrogen-bond acceptors (Lipinski definition) is 5. The zero-order valence-electron chi connectivity index (χ0n) is 14.2. The molecule has 136 valence electrons. The average molecular weight is 396 g/mol. The predicted molar refractivity (Wildman–Crippen MR) is 96.7 cm³/mol. The predicted octanol–water partition coefficient (Wildman–Crippen LogP) is 4.52. The molecule has 26 heavy (non-hydrogen) atoms. The molecule has 0 radical (unpaired) electrons. The summed E-state index contributed by atoms with van der Waals surface area (Å²) in [6, 6.07) is 9.02. The van der Waals surface area contributed by atoms with Crippen molar-refractivity contribution in [3.05, 3.63) is 53.0 Å². The third-order valence-corrected chi connectivity index (χ3v) is 5.35. The topological polar surface area (TPSA) is 69.4 Å². The second-order valence-corrected chi connectivity index (χ2v) is 8.12. The number of benzene rings is 2. The first-order chi connectivity index (χ1) is 12.2. The van der Waals surface area contributed by atoms with Crippen molar-refractivity contribution in [2.75, 3.05) is 13.4 Å². The molecule has 0 aliphatic rings. The van der Waals surface area contributed by atoms with Crippen LogP contribution >= 0.6 is 11.6 Å². The Hall–Kier alpha value is -2.38. The Morgan fingerprint density at radius 3 is 2.46 bits per heavy atom. The molecule has 0 atom stereocenters. The molecule has 0 unspecified atom stereocenters. The van der Waals surface area contributed by atoms with Crippen LogP contribution in [0.2, 0.25) is 5.02 Å². The SMILES string of the molecule is COc1cc(-c2noc(C)c2-c2ccc(S(C)(=O)=O)c(F)c2)ccc1Cl. The van der Waals surface area contributed by atoms with Crippen molar-refractivity contribution in [1.29, 1.82) is 0 Å². The van der Waals surface area contributed by atoms with Gasteiger partial charge in [0.15, 0.2) is 9.84 Å². The van der Waals surface area contributed by atoms with Gasteiger partial charge in [-0.05, 0) is 36.8 Å². The lowest BCUT2D eigenvalue weighted by Gasteiger charge is -2.08. The lowest BCUT2D eigenvalue weighted by molar-refractivity contribution is 0.400. The van der Waals surface area contributed by atoms with Crippen LogP contribution in [0.1, 0.15) is 5.76 Å². The van der Waals surface area contributed by atoms with E-state index in [1.807, 2.05) is 0 Å². The Morgan fingerprint density at radius 2 is 1.85 bits per heavy atom. The third-order valence-electron chi connectivity index (χ3n) is 3.91. The van der Waals surface area contributed by atoms with Gasteiger partial charge in [0.2, 0.25) is 0 Å². The molecule has 1 heterocycles. The van der Waals surface area contributed by atoms with Gasteiger partial charge < -0.3 is 9.26 Å². The Morgan fingerprint density at radius 1 is 1.15 bits per heavy atom. The normalized spacial score (nSPS) is 11.6. The fourth-order valence-corrected chi connectivity index (χ4v) is 3.60. The maximum absolute atomic E-state index is 14.3. The van der Waals surface area contributed by atoms with Crippen molar-refractivity contribution in [2.24, 2.45) is 0 Å². The van der Waals surface area contributed by atoms with Crippen LogP contribution in [0, 0.1) is 12.7 Å². The summed E-state index contributed by atoms with van der Waals surface area (Å²) in [6.45, 7) is 1.70. The fourth-order valence-electron chi connectivity index (χ4n) is 2.67. The van der Waals surface area contributed by atoms with E-state index in [1.165, 1.54) is 19.2 Å². The zero-order chi connectivity index (χ0) is 19.1. The molecule has 0 N–H and O–H groups in total. The number of aromatic nitrogens is 1. The summed E-state index contributed by atoms with van der Waals surface area (Å²) in [5, 5.41) is 4.50. The summed E-state index contributed by atoms with van der Waals surface area (Å²) >= 11 is 6.05. The summed E-state index contributed by atoms with van der Waals surface area (Å²) in [6.07, 6.45) is 0.959. The van der Waals surface area contributed by atoms with E-state index in [4.69, 9.17) is 20.9 Å². The second kappa shape index (κ2) is 6.74. The van der Waals surface area contributed by atoms with E-state index >= 15 is 0 Å². The van der Waals surface area contributed by atoms with E-state index in [-0.39, 0.29) is 4.90 Å². The van der Waals surface area contributed by atoms with Crippen molar-refractivity contribution >= 4 is 21.4 Å². The van der Waals surface area contributed by atoms with Crippen LogP contribution in [0.3, 0.4) is 0 Å². The van der Waals surface area contributed by atoms with E-state index in [2.05, 4.69) is 5.16 Å². The first kappa shape index (κ1) is 18.4. The fraction of sp³-hybridized carbons (Fsp3) is 0.167. The largest absolute Gasteiger partial charge is 0.495 e. The van der Waals surface area contributed by atoms with Crippen molar-refractivity contribution < 1.29 is 22.1 Å². The van der Waals surface area contributed by atoms with Crippen molar-refractivity contribution in [3.63, 3.8) is 0 Å². The van der Waals surface area contributed by atoms with Crippen LogP contribution in [-0.2, 0) is 9.84 Å². The highest BCUT2D eigenvalue weighted by Gasteiger charge is 2.21. The number of rotatable bonds is 4. The highest BCUT2D eigenvalue weighted by molar-refractivity contribution is 7.90. The van der Waals surface area contributed by atoms with Gasteiger partial charge in [-0.1, -0.05) is 28.9 Å². The standard InChI is InChI=1S/C18H15ClFNO4S/c1-10-17(11-5-7-16(14(20)8-11)26(3,22)23)18(21-25-10)12-4-6-13(19)15(9-12)24-2/h4-9H,1-3H3. The monoisotopic (exact) mass is 395 g/mol. The van der Waals surface area contributed by atoms with Crippen LogP contribution in [0.25, 0.3) is 22.4 Å². The van der Waals surface area contributed by atoms with Crippen LogP contribution in [0.5, 0.6) is 5.75 Å². The molecule has 3 rings (SSSR count). The van der Waals surface area contributed by atoms with Gasteiger partial charge in [0.25, 0.3) is 0 Å². The number of methoxy groups -OCH3 is 1. The van der Waals surface area contributed by atoms with Crippen molar-refractivity contribution in [1.82, 2.24) is 5.16 Å². The Labute approximate surface area is 155 Å². The molecular formula is C18H15ClFNO4S. The van der Waals surface area contributed by atoms with Gasteiger partial charge >= 0.3 is 0 Å². The van der Waals surface area contributed by atoms with Crippen LogP contribution in [0.4, 0.5) is 4.39 Å². The molecule has 0 aliphatic heterocycles.